The fourth-order valence-electron chi connectivity index (χ4n) is 1.33. The second-order valence-electron chi connectivity index (χ2n) is 3.59. The van der Waals surface area contributed by atoms with Gasteiger partial charge in [0, 0.05) is 0 Å². The van der Waals surface area contributed by atoms with E-state index in [1.165, 1.54) is 25.7 Å². The fourth-order valence-corrected chi connectivity index (χ4v) is 1.33. The molecular weight excluding hydrogens is 144 g/mol. The zero-order valence-corrected chi connectivity index (χ0v) is 9.98. The van der Waals surface area contributed by atoms with Crippen LogP contribution in [0.3, 0.4) is 0 Å². The van der Waals surface area contributed by atoms with Crippen LogP contribution < -0.4 is 0 Å². The summed E-state index contributed by atoms with van der Waals surface area (Å²) in [7, 11) is 0. The maximum atomic E-state index is 2.36. The van der Waals surface area contributed by atoms with Gasteiger partial charge in [-0.25, -0.2) is 0 Å². The standard InChI is InChI=1S/C7H14.C3H8.C2H6/c1-6-4-3-5-7(6)2;1-3-2;1-2/h6-7H,3-5H2,1-2H3;3H2,1-2H3;1-2H3. The Hall–Kier alpha value is 0. The van der Waals surface area contributed by atoms with Crippen molar-refractivity contribution in [2.45, 2.75) is 67.2 Å². The maximum absolute atomic E-state index is 2.36. The van der Waals surface area contributed by atoms with Crippen molar-refractivity contribution in [1.29, 1.82) is 0 Å². The molecule has 0 amide bonds. The van der Waals surface area contributed by atoms with E-state index in [4.69, 9.17) is 0 Å². The van der Waals surface area contributed by atoms with Gasteiger partial charge in [-0.2, -0.15) is 0 Å². The monoisotopic (exact) mass is 172 g/mol. The summed E-state index contributed by atoms with van der Waals surface area (Å²) in [5.74, 6) is 2.03. The lowest BCUT2D eigenvalue weighted by Gasteiger charge is -2.05. The Morgan fingerprint density at radius 1 is 0.917 bits per heavy atom. The lowest BCUT2D eigenvalue weighted by Crippen LogP contribution is -1.95. The van der Waals surface area contributed by atoms with Gasteiger partial charge in [-0.1, -0.05) is 67.2 Å². The van der Waals surface area contributed by atoms with Crippen molar-refractivity contribution in [3.8, 4) is 0 Å². The topological polar surface area (TPSA) is 0 Å². The molecular formula is C12H28. The van der Waals surface area contributed by atoms with Crippen molar-refractivity contribution < 1.29 is 0 Å². The summed E-state index contributed by atoms with van der Waals surface area (Å²) in [6.07, 6.45) is 5.67. The third-order valence-electron chi connectivity index (χ3n) is 2.29. The lowest BCUT2D eigenvalue weighted by atomic mass is 10.0. The molecule has 0 N–H and O–H groups in total. The second kappa shape index (κ2) is 11.0. The van der Waals surface area contributed by atoms with Crippen LogP contribution in [0.5, 0.6) is 0 Å². The molecule has 0 aromatic rings. The first-order chi connectivity index (χ1) is 5.72. The average molecular weight is 172 g/mol. The largest absolute Gasteiger partial charge is 0.0683 e. The van der Waals surface area contributed by atoms with E-state index in [1.54, 1.807) is 0 Å². The van der Waals surface area contributed by atoms with Crippen LogP contribution in [-0.2, 0) is 0 Å². The predicted molar refractivity (Wildman–Crippen MR) is 59.5 cm³/mol. The van der Waals surface area contributed by atoms with Gasteiger partial charge in [0.1, 0.15) is 0 Å². The van der Waals surface area contributed by atoms with Crippen LogP contribution in [0, 0.1) is 11.8 Å². The Morgan fingerprint density at radius 3 is 1.25 bits per heavy atom. The normalized spacial score (nSPS) is 26.5. The highest BCUT2D eigenvalue weighted by Crippen LogP contribution is 2.29. The summed E-state index contributed by atoms with van der Waals surface area (Å²) in [4.78, 5) is 0. The van der Waals surface area contributed by atoms with Gasteiger partial charge < -0.3 is 0 Å². The summed E-state index contributed by atoms with van der Waals surface area (Å²) in [6.45, 7) is 13.0. The van der Waals surface area contributed by atoms with Crippen LogP contribution in [0.15, 0.2) is 0 Å². The van der Waals surface area contributed by atoms with Crippen molar-refractivity contribution in [2.75, 3.05) is 0 Å². The maximum Gasteiger partial charge on any atom is -0.0417 e. The molecule has 1 aliphatic rings. The lowest BCUT2D eigenvalue weighted by molar-refractivity contribution is 0.457. The van der Waals surface area contributed by atoms with E-state index < -0.39 is 0 Å². The van der Waals surface area contributed by atoms with E-state index in [-0.39, 0.29) is 0 Å². The van der Waals surface area contributed by atoms with Gasteiger partial charge in [-0.3, -0.25) is 0 Å². The van der Waals surface area contributed by atoms with Crippen molar-refractivity contribution in [2.24, 2.45) is 11.8 Å². The summed E-state index contributed by atoms with van der Waals surface area (Å²) in [5, 5.41) is 0. The van der Waals surface area contributed by atoms with Crippen molar-refractivity contribution in [1.82, 2.24) is 0 Å². The Bertz CT molecular complexity index is 58.4. The molecule has 0 saturated heterocycles. The Kier molecular flexibility index (Phi) is 13.3. The molecule has 0 nitrogen and oxygen atoms in total. The van der Waals surface area contributed by atoms with Gasteiger partial charge in [0.25, 0.3) is 0 Å². The number of hydrogen-bond acceptors (Lipinski definition) is 0. The quantitative estimate of drug-likeness (QED) is 0.488. The van der Waals surface area contributed by atoms with E-state index >= 15 is 0 Å². The van der Waals surface area contributed by atoms with Crippen molar-refractivity contribution in [3.63, 3.8) is 0 Å². The molecule has 0 aromatic heterocycles. The molecule has 0 heteroatoms. The second-order valence-corrected chi connectivity index (χ2v) is 3.59. The minimum absolute atomic E-state index is 1.01. The minimum Gasteiger partial charge on any atom is -0.0683 e. The highest BCUT2D eigenvalue weighted by Gasteiger charge is 2.17. The summed E-state index contributed by atoms with van der Waals surface area (Å²) in [6, 6.07) is 0. The summed E-state index contributed by atoms with van der Waals surface area (Å²) < 4.78 is 0. The molecule has 1 rings (SSSR count). The predicted octanol–water partition coefficient (Wildman–Crippen LogP) is 4.89. The van der Waals surface area contributed by atoms with E-state index in [0.29, 0.717) is 0 Å². The van der Waals surface area contributed by atoms with E-state index in [0.717, 1.165) is 11.8 Å². The number of rotatable bonds is 0. The van der Waals surface area contributed by atoms with Crippen LogP contribution in [0.25, 0.3) is 0 Å². The molecule has 0 radical (unpaired) electrons. The molecule has 1 saturated carbocycles. The van der Waals surface area contributed by atoms with Crippen LogP contribution in [0.4, 0.5) is 0 Å². The van der Waals surface area contributed by atoms with E-state index in [9.17, 15) is 0 Å². The first-order valence-electron chi connectivity index (χ1n) is 5.72. The van der Waals surface area contributed by atoms with E-state index in [1.807, 2.05) is 13.8 Å². The van der Waals surface area contributed by atoms with Crippen LogP contribution >= 0.6 is 0 Å². The molecule has 12 heavy (non-hydrogen) atoms. The molecule has 1 aliphatic carbocycles. The fraction of sp³-hybridized carbons (Fsp3) is 1.00. The molecule has 0 aromatic carbocycles. The van der Waals surface area contributed by atoms with Gasteiger partial charge in [0.15, 0.2) is 0 Å². The zero-order chi connectivity index (χ0) is 9.98. The van der Waals surface area contributed by atoms with Gasteiger partial charge in [0.2, 0.25) is 0 Å². The Morgan fingerprint density at radius 2 is 1.17 bits per heavy atom. The smallest absolute Gasteiger partial charge is 0.0417 e. The minimum atomic E-state index is 1.01. The summed E-state index contributed by atoms with van der Waals surface area (Å²) >= 11 is 0. The molecule has 2 unspecified atom stereocenters. The van der Waals surface area contributed by atoms with Gasteiger partial charge in [-0.15, -0.1) is 0 Å². The van der Waals surface area contributed by atoms with Crippen molar-refractivity contribution >= 4 is 0 Å². The summed E-state index contributed by atoms with van der Waals surface area (Å²) in [5.41, 5.74) is 0. The third kappa shape index (κ3) is 8.10. The van der Waals surface area contributed by atoms with E-state index in [2.05, 4.69) is 27.7 Å². The van der Waals surface area contributed by atoms with Gasteiger partial charge >= 0.3 is 0 Å². The number of hydrogen-bond donors (Lipinski definition) is 0. The average Bonchev–Trinajstić information content (AvgIpc) is 2.42. The molecule has 0 aliphatic heterocycles. The molecule has 0 spiro atoms. The highest BCUT2D eigenvalue weighted by atomic mass is 14.2. The van der Waals surface area contributed by atoms with Gasteiger partial charge in [0.05, 0.1) is 0 Å². The Balaban J connectivity index is 0. The SMILES string of the molecule is CC.CC1CCCC1C.CCC. The first kappa shape index (κ1) is 14.5. The molecule has 0 bridgehead atoms. The van der Waals surface area contributed by atoms with Crippen molar-refractivity contribution in [3.05, 3.63) is 0 Å². The third-order valence-corrected chi connectivity index (χ3v) is 2.29. The van der Waals surface area contributed by atoms with Crippen LogP contribution in [0.2, 0.25) is 0 Å². The molecule has 0 heterocycles. The van der Waals surface area contributed by atoms with Crippen LogP contribution in [0.1, 0.15) is 67.2 Å². The zero-order valence-electron chi connectivity index (χ0n) is 9.98. The first-order valence-corrected chi connectivity index (χ1v) is 5.72. The van der Waals surface area contributed by atoms with Crippen LogP contribution in [-0.4, -0.2) is 0 Å². The molecule has 2 atom stereocenters. The molecule has 1 fully saturated rings. The highest BCUT2D eigenvalue weighted by molar-refractivity contribution is 4.69. The van der Waals surface area contributed by atoms with Gasteiger partial charge in [-0.05, 0) is 11.8 Å². The molecule has 76 valence electrons. The Labute approximate surface area is 79.8 Å².